The second-order valence-corrected chi connectivity index (χ2v) is 5.88. The molecule has 0 bridgehead atoms. The largest absolute Gasteiger partial charge is 0.491 e. The maximum absolute atomic E-state index is 5.78. The topological polar surface area (TPSA) is 21.3 Å². The second kappa shape index (κ2) is 6.59. The van der Waals surface area contributed by atoms with Gasteiger partial charge in [0.1, 0.15) is 12.4 Å². The smallest absolute Gasteiger partial charge is 0.132 e. The number of halogens is 1. The number of hydrogen-bond acceptors (Lipinski definition) is 2. The molecule has 3 heteroatoms. The number of hydrogen-bond donors (Lipinski definition) is 1. The first kappa shape index (κ1) is 13.1. The summed E-state index contributed by atoms with van der Waals surface area (Å²) in [4.78, 5) is 0. The standard InChI is InChI=1S/C14H20INO/c1-11-6-7-14(13(15)10-11)17-9-8-16-12-4-2-3-5-12/h6-7,10,12,16H,2-5,8-9H2,1H3. The molecule has 2 nitrogen and oxygen atoms in total. The molecule has 0 aliphatic heterocycles. The Kier molecular flexibility index (Phi) is 5.10. The van der Waals surface area contributed by atoms with Crippen molar-refractivity contribution in [2.75, 3.05) is 13.2 Å². The van der Waals surface area contributed by atoms with E-state index in [1.54, 1.807) is 0 Å². The van der Waals surface area contributed by atoms with Gasteiger partial charge in [-0.15, -0.1) is 0 Å². The highest BCUT2D eigenvalue weighted by Crippen LogP contribution is 2.21. The summed E-state index contributed by atoms with van der Waals surface area (Å²) in [5.74, 6) is 1.00. The van der Waals surface area contributed by atoms with Gasteiger partial charge in [0.25, 0.3) is 0 Å². The molecule has 1 saturated carbocycles. The number of ether oxygens (including phenoxy) is 1. The number of nitrogens with one attached hydrogen (secondary N) is 1. The average Bonchev–Trinajstić information content (AvgIpc) is 2.79. The van der Waals surface area contributed by atoms with Crippen LogP contribution in [0.15, 0.2) is 18.2 Å². The molecule has 1 aromatic carbocycles. The summed E-state index contributed by atoms with van der Waals surface area (Å²) >= 11 is 2.33. The zero-order valence-corrected chi connectivity index (χ0v) is 12.5. The minimum absolute atomic E-state index is 0.732. The molecule has 0 unspecified atom stereocenters. The monoisotopic (exact) mass is 345 g/mol. The molecular formula is C14H20INO. The van der Waals surface area contributed by atoms with E-state index in [1.165, 1.54) is 34.8 Å². The van der Waals surface area contributed by atoms with Crippen LogP contribution in [0.2, 0.25) is 0 Å². The fourth-order valence-corrected chi connectivity index (χ4v) is 3.10. The first-order chi connectivity index (χ1) is 8.25. The van der Waals surface area contributed by atoms with Gasteiger partial charge in [-0.2, -0.15) is 0 Å². The minimum atomic E-state index is 0.732. The highest BCUT2D eigenvalue weighted by atomic mass is 127. The van der Waals surface area contributed by atoms with Crippen molar-refractivity contribution in [3.05, 3.63) is 27.3 Å². The fraction of sp³-hybridized carbons (Fsp3) is 0.571. The summed E-state index contributed by atoms with van der Waals surface area (Å²) in [7, 11) is 0. The molecule has 1 aromatic rings. The molecule has 1 fully saturated rings. The van der Waals surface area contributed by atoms with Crippen LogP contribution in [-0.4, -0.2) is 19.2 Å². The van der Waals surface area contributed by atoms with E-state index in [9.17, 15) is 0 Å². The molecule has 0 heterocycles. The van der Waals surface area contributed by atoms with Gasteiger partial charge in [0, 0.05) is 12.6 Å². The van der Waals surface area contributed by atoms with Crippen molar-refractivity contribution in [2.24, 2.45) is 0 Å². The van der Waals surface area contributed by atoms with Gasteiger partial charge in [0.2, 0.25) is 0 Å². The van der Waals surface area contributed by atoms with E-state index in [0.717, 1.165) is 24.9 Å². The van der Waals surface area contributed by atoms with Gasteiger partial charge in [0.05, 0.1) is 3.57 Å². The molecule has 0 aromatic heterocycles. The lowest BCUT2D eigenvalue weighted by atomic mass is 10.2. The second-order valence-electron chi connectivity index (χ2n) is 4.72. The van der Waals surface area contributed by atoms with Crippen LogP contribution in [0.3, 0.4) is 0 Å². The van der Waals surface area contributed by atoms with E-state index in [2.05, 4.69) is 53.0 Å². The normalized spacial score (nSPS) is 16.4. The van der Waals surface area contributed by atoms with E-state index in [1.807, 2.05) is 0 Å². The van der Waals surface area contributed by atoms with Crippen LogP contribution in [0.5, 0.6) is 5.75 Å². The van der Waals surface area contributed by atoms with E-state index in [-0.39, 0.29) is 0 Å². The molecule has 0 saturated heterocycles. The van der Waals surface area contributed by atoms with E-state index >= 15 is 0 Å². The summed E-state index contributed by atoms with van der Waals surface area (Å²) in [6.45, 7) is 3.82. The van der Waals surface area contributed by atoms with Gasteiger partial charge in [0.15, 0.2) is 0 Å². The van der Waals surface area contributed by atoms with Crippen LogP contribution in [-0.2, 0) is 0 Å². The molecule has 17 heavy (non-hydrogen) atoms. The Balaban J connectivity index is 1.70. The molecule has 0 spiro atoms. The lowest BCUT2D eigenvalue weighted by molar-refractivity contribution is 0.303. The highest BCUT2D eigenvalue weighted by molar-refractivity contribution is 14.1. The maximum atomic E-state index is 5.78. The Labute approximate surface area is 117 Å². The zero-order chi connectivity index (χ0) is 12.1. The van der Waals surface area contributed by atoms with Crippen molar-refractivity contribution < 1.29 is 4.74 Å². The van der Waals surface area contributed by atoms with Crippen molar-refractivity contribution in [1.82, 2.24) is 5.32 Å². The maximum Gasteiger partial charge on any atom is 0.132 e. The van der Waals surface area contributed by atoms with Gasteiger partial charge >= 0.3 is 0 Å². The third kappa shape index (κ3) is 4.14. The van der Waals surface area contributed by atoms with E-state index in [4.69, 9.17) is 4.74 Å². The molecule has 1 aliphatic rings. The molecule has 2 rings (SSSR count). The summed E-state index contributed by atoms with van der Waals surface area (Å²) in [5, 5.41) is 3.56. The molecule has 0 radical (unpaired) electrons. The minimum Gasteiger partial charge on any atom is -0.491 e. The van der Waals surface area contributed by atoms with Crippen LogP contribution in [0, 0.1) is 10.5 Å². The number of aryl methyl sites for hydroxylation is 1. The highest BCUT2D eigenvalue weighted by Gasteiger charge is 2.13. The third-order valence-corrected chi connectivity index (χ3v) is 4.08. The van der Waals surface area contributed by atoms with Gasteiger partial charge in [-0.25, -0.2) is 0 Å². The Morgan fingerprint density at radius 3 is 2.82 bits per heavy atom. The van der Waals surface area contributed by atoms with Crippen LogP contribution in [0.4, 0.5) is 0 Å². The predicted molar refractivity (Wildman–Crippen MR) is 79.6 cm³/mol. The third-order valence-electron chi connectivity index (χ3n) is 3.24. The van der Waals surface area contributed by atoms with Crippen LogP contribution >= 0.6 is 22.6 Å². The van der Waals surface area contributed by atoms with Crippen molar-refractivity contribution in [1.29, 1.82) is 0 Å². The van der Waals surface area contributed by atoms with E-state index < -0.39 is 0 Å². The molecule has 0 amide bonds. The Morgan fingerprint density at radius 2 is 2.12 bits per heavy atom. The first-order valence-corrected chi connectivity index (χ1v) is 7.46. The summed E-state index contributed by atoms with van der Waals surface area (Å²) in [6, 6.07) is 7.05. The Hall–Kier alpha value is -0.290. The van der Waals surface area contributed by atoms with Crippen molar-refractivity contribution in [2.45, 2.75) is 38.6 Å². The molecule has 94 valence electrons. The average molecular weight is 345 g/mol. The fourth-order valence-electron chi connectivity index (χ4n) is 2.28. The van der Waals surface area contributed by atoms with E-state index in [0.29, 0.717) is 0 Å². The lowest BCUT2D eigenvalue weighted by Crippen LogP contribution is -2.30. The first-order valence-electron chi connectivity index (χ1n) is 6.38. The zero-order valence-electron chi connectivity index (χ0n) is 10.3. The van der Waals surface area contributed by atoms with Gasteiger partial charge < -0.3 is 10.1 Å². The summed E-state index contributed by atoms with van der Waals surface area (Å²) in [5.41, 5.74) is 1.28. The Bertz CT molecular complexity index is 361. The summed E-state index contributed by atoms with van der Waals surface area (Å²) in [6.07, 6.45) is 5.44. The SMILES string of the molecule is Cc1ccc(OCCNC2CCCC2)c(I)c1. The lowest BCUT2D eigenvalue weighted by Gasteiger charge is -2.13. The van der Waals surface area contributed by atoms with Crippen molar-refractivity contribution in [3.63, 3.8) is 0 Å². The molecule has 1 aliphatic carbocycles. The Morgan fingerprint density at radius 1 is 1.35 bits per heavy atom. The van der Waals surface area contributed by atoms with Gasteiger partial charge in [-0.05, 0) is 60.1 Å². The molecular weight excluding hydrogens is 325 g/mol. The van der Waals surface area contributed by atoms with Crippen molar-refractivity contribution in [3.8, 4) is 5.75 Å². The van der Waals surface area contributed by atoms with Gasteiger partial charge in [-0.1, -0.05) is 18.9 Å². The predicted octanol–water partition coefficient (Wildman–Crippen LogP) is 3.51. The van der Waals surface area contributed by atoms with Crippen LogP contribution in [0.25, 0.3) is 0 Å². The molecule has 0 atom stereocenters. The van der Waals surface area contributed by atoms with Gasteiger partial charge in [-0.3, -0.25) is 0 Å². The number of rotatable bonds is 5. The molecule has 1 N–H and O–H groups in total. The van der Waals surface area contributed by atoms with Crippen LogP contribution in [0.1, 0.15) is 31.2 Å². The number of benzene rings is 1. The van der Waals surface area contributed by atoms with Crippen molar-refractivity contribution >= 4 is 22.6 Å². The quantitative estimate of drug-likeness (QED) is 0.651. The van der Waals surface area contributed by atoms with Crippen LogP contribution < -0.4 is 10.1 Å². The summed E-state index contributed by atoms with van der Waals surface area (Å²) < 4.78 is 6.98.